The van der Waals surface area contributed by atoms with Gasteiger partial charge in [0.1, 0.15) is 6.04 Å². The molecule has 0 saturated carbocycles. The fourth-order valence-electron chi connectivity index (χ4n) is 1.28. The molecular formula is C11H17N3O. The Kier molecular flexibility index (Phi) is 3.68. The van der Waals surface area contributed by atoms with Crippen molar-refractivity contribution in [1.82, 2.24) is 0 Å². The van der Waals surface area contributed by atoms with Crippen LogP contribution in [0.15, 0.2) is 24.3 Å². The Morgan fingerprint density at radius 1 is 1.40 bits per heavy atom. The number of hydrogen-bond acceptors (Lipinski definition) is 3. The molecule has 1 unspecified atom stereocenters. The molecule has 1 rings (SSSR count). The van der Waals surface area contributed by atoms with Crippen LogP contribution in [0.5, 0.6) is 0 Å². The number of amides is 1. The first-order valence-electron chi connectivity index (χ1n) is 4.87. The third-order valence-electron chi connectivity index (χ3n) is 2.57. The fourth-order valence-corrected chi connectivity index (χ4v) is 1.28. The molecule has 15 heavy (non-hydrogen) atoms. The van der Waals surface area contributed by atoms with Crippen molar-refractivity contribution in [3.8, 4) is 0 Å². The van der Waals surface area contributed by atoms with Gasteiger partial charge in [0, 0.05) is 19.3 Å². The molecule has 0 radical (unpaired) electrons. The number of primary amides is 1. The number of carbonyl (C=O) groups excluding carboxylic acids is 1. The highest BCUT2D eigenvalue weighted by molar-refractivity contribution is 5.83. The molecule has 1 aromatic rings. The Bertz CT molecular complexity index is 334. The third-order valence-corrected chi connectivity index (χ3v) is 2.57. The van der Waals surface area contributed by atoms with Crippen LogP contribution in [0.2, 0.25) is 0 Å². The summed E-state index contributed by atoms with van der Waals surface area (Å²) in [5.41, 5.74) is 12.8. The maximum absolute atomic E-state index is 11.0. The molecule has 4 heteroatoms. The normalized spacial score (nSPS) is 12.2. The number of nitrogens with two attached hydrogens (primary N) is 2. The second kappa shape index (κ2) is 4.79. The van der Waals surface area contributed by atoms with Gasteiger partial charge >= 0.3 is 0 Å². The molecule has 0 aromatic heterocycles. The fraction of sp³-hybridized carbons (Fsp3) is 0.364. The summed E-state index contributed by atoms with van der Waals surface area (Å²) in [5.74, 6) is -0.333. The Labute approximate surface area is 89.9 Å². The van der Waals surface area contributed by atoms with Gasteiger partial charge in [-0.15, -0.1) is 0 Å². The molecular weight excluding hydrogens is 190 g/mol. The van der Waals surface area contributed by atoms with Crippen LogP contribution in [0, 0.1) is 0 Å². The van der Waals surface area contributed by atoms with Crippen LogP contribution in [0.1, 0.15) is 12.5 Å². The highest BCUT2D eigenvalue weighted by Gasteiger charge is 2.14. The van der Waals surface area contributed by atoms with E-state index in [4.69, 9.17) is 11.5 Å². The molecule has 1 aromatic carbocycles. The first kappa shape index (κ1) is 11.5. The van der Waals surface area contributed by atoms with Crippen LogP contribution >= 0.6 is 0 Å². The van der Waals surface area contributed by atoms with Crippen molar-refractivity contribution in [2.75, 3.05) is 11.9 Å². The lowest BCUT2D eigenvalue weighted by Crippen LogP contribution is -2.40. The molecule has 1 atom stereocenters. The summed E-state index contributed by atoms with van der Waals surface area (Å²) < 4.78 is 0. The predicted molar refractivity (Wildman–Crippen MR) is 61.4 cm³/mol. The zero-order valence-electron chi connectivity index (χ0n) is 9.10. The average molecular weight is 207 g/mol. The largest absolute Gasteiger partial charge is 0.368 e. The third kappa shape index (κ3) is 2.70. The van der Waals surface area contributed by atoms with Gasteiger partial charge in [0.15, 0.2) is 0 Å². The zero-order chi connectivity index (χ0) is 11.4. The number of anilines is 1. The van der Waals surface area contributed by atoms with Crippen molar-refractivity contribution in [2.24, 2.45) is 11.5 Å². The lowest BCUT2D eigenvalue weighted by Gasteiger charge is -2.24. The minimum Gasteiger partial charge on any atom is -0.368 e. The van der Waals surface area contributed by atoms with Crippen molar-refractivity contribution in [3.63, 3.8) is 0 Å². The van der Waals surface area contributed by atoms with Crippen molar-refractivity contribution in [1.29, 1.82) is 0 Å². The summed E-state index contributed by atoms with van der Waals surface area (Å²) in [4.78, 5) is 12.8. The average Bonchev–Trinajstić information content (AvgIpc) is 2.27. The topological polar surface area (TPSA) is 72.4 Å². The zero-order valence-corrected chi connectivity index (χ0v) is 9.10. The van der Waals surface area contributed by atoms with Crippen LogP contribution < -0.4 is 16.4 Å². The van der Waals surface area contributed by atoms with E-state index in [1.54, 1.807) is 6.92 Å². The standard InChI is InChI=1S/C11H17N3O/c1-8(11(13)15)14(2)10-5-3-9(7-12)4-6-10/h3-6,8H,7,12H2,1-2H3,(H2,13,15). The molecule has 4 nitrogen and oxygen atoms in total. The van der Waals surface area contributed by atoms with Gasteiger partial charge in [-0.05, 0) is 24.6 Å². The predicted octanol–water partition coefficient (Wildman–Crippen LogP) is 0.455. The number of rotatable bonds is 4. The van der Waals surface area contributed by atoms with Crippen molar-refractivity contribution in [3.05, 3.63) is 29.8 Å². The quantitative estimate of drug-likeness (QED) is 0.753. The summed E-state index contributed by atoms with van der Waals surface area (Å²) in [5, 5.41) is 0. The lowest BCUT2D eigenvalue weighted by atomic mass is 10.1. The van der Waals surface area contributed by atoms with Crippen molar-refractivity contribution < 1.29 is 4.79 Å². The first-order valence-corrected chi connectivity index (χ1v) is 4.87. The molecule has 1 amide bonds. The maximum atomic E-state index is 11.0. The molecule has 0 heterocycles. The number of carbonyl (C=O) groups is 1. The van der Waals surface area contributed by atoms with Gasteiger partial charge in [-0.1, -0.05) is 12.1 Å². The first-order chi connectivity index (χ1) is 7.06. The number of likely N-dealkylation sites (N-methyl/N-ethyl adjacent to an activating group) is 1. The summed E-state index contributed by atoms with van der Waals surface area (Å²) in [6, 6.07) is 7.44. The minimum atomic E-state index is -0.333. The molecule has 0 fully saturated rings. The Morgan fingerprint density at radius 3 is 2.33 bits per heavy atom. The smallest absolute Gasteiger partial charge is 0.239 e. The van der Waals surface area contributed by atoms with Gasteiger partial charge in [-0.3, -0.25) is 4.79 Å². The maximum Gasteiger partial charge on any atom is 0.239 e. The number of benzene rings is 1. The summed E-state index contributed by atoms with van der Waals surface area (Å²) in [6.07, 6.45) is 0. The number of nitrogens with zero attached hydrogens (tertiary/aromatic N) is 1. The van der Waals surface area contributed by atoms with E-state index in [0.717, 1.165) is 11.3 Å². The van der Waals surface area contributed by atoms with E-state index >= 15 is 0 Å². The molecule has 82 valence electrons. The molecule has 0 aliphatic heterocycles. The van der Waals surface area contributed by atoms with Gasteiger partial charge in [-0.25, -0.2) is 0 Å². The van der Waals surface area contributed by atoms with Crippen LogP contribution in [-0.2, 0) is 11.3 Å². The second-order valence-electron chi connectivity index (χ2n) is 3.56. The summed E-state index contributed by atoms with van der Waals surface area (Å²) >= 11 is 0. The van der Waals surface area contributed by atoms with Gasteiger partial charge in [0.2, 0.25) is 5.91 Å². The summed E-state index contributed by atoms with van der Waals surface area (Å²) in [7, 11) is 1.84. The molecule has 0 aliphatic rings. The lowest BCUT2D eigenvalue weighted by molar-refractivity contribution is -0.118. The van der Waals surface area contributed by atoms with E-state index < -0.39 is 0 Å². The minimum absolute atomic E-state index is 0.311. The molecule has 0 aliphatic carbocycles. The van der Waals surface area contributed by atoms with Crippen LogP contribution in [0.3, 0.4) is 0 Å². The molecule has 0 spiro atoms. The van der Waals surface area contributed by atoms with Gasteiger partial charge in [0.05, 0.1) is 0 Å². The van der Waals surface area contributed by atoms with Crippen molar-refractivity contribution in [2.45, 2.75) is 19.5 Å². The van der Waals surface area contributed by atoms with E-state index in [0.29, 0.717) is 6.54 Å². The Morgan fingerprint density at radius 2 is 1.93 bits per heavy atom. The second-order valence-corrected chi connectivity index (χ2v) is 3.56. The SMILES string of the molecule is CC(C(N)=O)N(C)c1ccc(CN)cc1. The van der Waals surface area contributed by atoms with E-state index in [1.165, 1.54) is 0 Å². The van der Waals surface area contributed by atoms with Gasteiger partial charge < -0.3 is 16.4 Å². The molecule has 0 saturated heterocycles. The Hall–Kier alpha value is -1.55. The monoisotopic (exact) mass is 207 g/mol. The van der Waals surface area contributed by atoms with E-state index in [2.05, 4.69) is 0 Å². The van der Waals surface area contributed by atoms with Crippen LogP contribution in [0.25, 0.3) is 0 Å². The van der Waals surface area contributed by atoms with E-state index in [9.17, 15) is 4.79 Å². The van der Waals surface area contributed by atoms with Crippen molar-refractivity contribution >= 4 is 11.6 Å². The summed E-state index contributed by atoms with van der Waals surface area (Å²) in [6.45, 7) is 2.30. The van der Waals surface area contributed by atoms with Crippen LogP contribution in [-0.4, -0.2) is 19.0 Å². The van der Waals surface area contributed by atoms with E-state index in [1.807, 2.05) is 36.2 Å². The highest BCUT2D eigenvalue weighted by Crippen LogP contribution is 2.15. The number of hydrogen-bond donors (Lipinski definition) is 2. The van der Waals surface area contributed by atoms with E-state index in [-0.39, 0.29) is 11.9 Å². The van der Waals surface area contributed by atoms with Gasteiger partial charge in [-0.2, -0.15) is 0 Å². The highest BCUT2D eigenvalue weighted by atomic mass is 16.1. The molecule has 0 bridgehead atoms. The Balaban J connectivity index is 2.82. The van der Waals surface area contributed by atoms with Gasteiger partial charge in [0.25, 0.3) is 0 Å². The molecule has 4 N–H and O–H groups in total. The van der Waals surface area contributed by atoms with Crippen LogP contribution in [0.4, 0.5) is 5.69 Å².